The number of hydrogen-bond acceptors (Lipinski definition) is 4. The van der Waals surface area contributed by atoms with Crippen molar-refractivity contribution in [1.82, 2.24) is 0 Å². The third kappa shape index (κ3) is 3.59. The largest absolute Gasteiger partial charge is 0.507 e. The highest BCUT2D eigenvalue weighted by Crippen LogP contribution is 2.42. The number of aryl methyl sites for hydroxylation is 2. The number of nitrogens with zero attached hydrogens (tertiary/aromatic N) is 1. The number of ketones is 1. The first-order valence-corrected chi connectivity index (χ1v) is 10.00. The fourth-order valence-electron chi connectivity index (χ4n) is 3.93. The summed E-state index contributed by atoms with van der Waals surface area (Å²) in [5.41, 5.74) is 3.70. The number of benzene rings is 3. The van der Waals surface area contributed by atoms with Crippen molar-refractivity contribution < 1.29 is 19.4 Å². The van der Waals surface area contributed by atoms with Crippen molar-refractivity contribution in [2.24, 2.45) is 0 Å². The number of carbonyl (C=O) groups is 2. The number of hydrogen-bond donors (Lipinski definition) is 1. The van der Waals surface area contributed by atoms with E-state index >= 15 is 0 Å². The van der Waals surface area contributed by atoms with Crippen LogP contribution < -0.4 is 9.64 Å². The summed E-state index contributed by atoms with van der Waals surface area (Å²) in [6.07, 6.45) is 0. The molecule has 3 aromatic carbocycles. The Bertz CT molecular complexity index is 1180. The number of amides is 1. The maximum Gasteiger partial charge on any atom is 0.300 e. The normalized spacial score (nSPS) is 17.8. The fourth-order valence-corrected chi connectivity index (χ4v) is 3.93. The Balaban J connectivity index is 1.93. The van der Waals surface area contributed by atoms with Crippen LogP contribution in [-0.2, 0) is 9.59 Å². The molecule has 31 heavy (non-hydrogen) atoms. The van der Waals surface area contributed by atoms with Gasteiger partial charge in [0, 0.05) is 11.3 Å². The highest BCUT2D eigenvalue weighted by molar-refractivity contribution is 6.51. The lowest BCUT2D eigenvalue weighted by atomic mass is 9.93. The first kappa shape index (κ1) is 20.4. The van der Waals surface area contributed by atoms with E-state index in [0.717, 1.165) is 16.7 Å². The van der Waals surface area contributed by atoms with Crippen LogP contribution in [0.1, 0.15) is 28.3 Å². The molecule has 1 unspecified atom stereocenters. The molecule has 0 aromatic heterocycles. The Labute approximate surface area is 181 Å². The van der Waals surface area contributed by atoms with Crippen LogP contribution in [0.25, 0.3) is 5.76 Å². The predicted molar refractivity (Wildman–Crippen MR) is 120 cm³/mol. The van der Waals surface area contributed by atoms with Crippen molar-refractivity contribution in [2.45, 2.75) is 19.9 Å². The van der Waals surface area contributed by atoms with E-state index in [-0.39, 0.29) is 11.3 Å². The van der Waals surface area contributed by atoms with Gasteiger partial charge in [0.1, 0.15) is 11.5 Å². The topological polar surface area (TPSA) is 66.8 Å². The Morgan fingerprint density at radius 1 is 0.935 bits per heavy atom. The summed E-state index contributed by atoms with van der Waals surface area (Å²) >= 11 is 0. The molecule has 1 saturated heterocycles. The molecule has 0 radical (unpaired) electrons. The van der Waals surface area contributed by atoms with E-state index in [9.17, 15) is 14.7 Å². The van der Waals surface area contributed by atoms with E-state index in [2.05, 4.69) is 0 Å². The maximum atomic E-state index is 13.2. The number of methoxy groups -OCH3 is 1. The zero-order valence-electron chi connectivity index (χ0n) is 17.6. The van der Waals surface area contributed by atoms with E-state index in [1.807, 2.05) is 68.4 Å². The first-order valence-electron chi connectivity index (χ1n) is 10.00. The molecule has 0 saturated carbocycles. The second kappa shape index (κ2) is 8.11. The van der Waals surface area contributed by atoms with Crippen LogP contribution in [0.4, 0.5) is 5.69 Å². The van der Waals surface area contributed by atoms with Gasteiger partial charge in [0.15, 0.2) is 0 Å². The summed E-state index contributed by atoms with van der Waals surface area (Å²) in [5.74, 6) is -0.914. The van der Waals surface area contributed by atoms with E-state index in [0.29, 0.717) is 17.0 Å². The van der Waals surface area contributed by atoms with Gasteiger partial charge in [-0.1, -0.05) is 48.0 Å². The Morgan fingerprint density at radius 3 is 2.23 bits per heavy atom. The molecule has 1 fully saturated rings. The van der Waals surface area contributed by atoms with Gasteiger partial charge in [-0.2, -0.15) is 0 Å². The third-order valence-corrected chi connectivity index (χ3v) is 5.56. The molecule has 0 bridgehead atoms. The van der Waals surface area contributed by atoms with Gasteiger partial charge in [0.25, 0.3) is 11.7 Å². The van der Waals surface area contributed by atoms with Gasteiger partial charge in [-0.05, 0) is 55.3 Å². The van der Waals surface area contributed by atoms with Gasteiger partial charge >= 0.3 is 0 Å². The van der Waals surface area contributed by atoms with Crippen LogP contribution >= 0.6 is 0 Å². The van der Waals surface area contributed by atoms with Gasteiger partial charge in [-0.15, -0.1) is 0 Å². The second-order valence-electron chi connectivity index (χ2n) is 7.60. The molecule has 4 rings (SSSR count). The van der Waals surface area contributed by atoms with Gasteiger partial charge in [-0.3, -0.25) is 14.5 Å². The van der Waals surface area contributed by atoms with Crippen LogP contribution in [0.5, 0.6) is 5.75 Å². The molecular formula is C26H23NO4. The number of ether oxygens (including phenoxy) is 1. The summed E-state index contributed by atoms with van der Waals surface area (Å²) in [5, 5.41) is 11.2. The molecular weight excluding hydrogens is 390 g/mol. The number of anilines is 1. The van der Waals surface area contributed by atoms with Gasteiger partial charge in [0.2, 0.25) is 0 Å². The standard InChI is InChI=1S/C26H23NO4/c1-16-9-11-19(12-10-16)27-23(18-7-5-4-6-8-18)22(25(29)26(27)30)24(28)21-14-13-20(31-3)15-17(21)2/h4-15,23,28H,1-3H3/b24-22-. The van der Waals surface area contributed by atoms with Crippen molar-refractivity contribution in [3.63, 3.8) is 0 Å². The van der Waals surface area contributed by atoms with Gasteiger partial charge in [0.05, 0.1) is 18.7 Å². The summed E-state index contributed by atoms with van der Waals surface area (Å²) in [6.45, 7) is 3.78. The third-order valence-electron chi connectivity index (χ3n) is 5.56. The molecule has 1 N–H and O–H groups in total. The highest BCUT2D eigenvalue weighted by Gasteiger charge is 2.47. The van der Waals surface area contributed by atoms with E-state index in [1.165, 1.54) is 4.90 Å². The second-order valence-corrected chi connectivity index (χ2v) is 7.60. The van der Waals surface area contributed by atoms with Crippen LogP contribution in [0.2, 0.25) is 0 Å². The van der Waals surface area contributed by atoms with E-state index in [1.54, 1.807) is 25.3 Å². The number of Topliss-reactive ketones (excluding diaryl/α,β-unsaturated/α-hetero) is 1. The monoisotopic (exact) mass is 413 g/mol. The molecule has 0 spiro atoms. The van der Waals surface area contributed by atoms with Crippen LogP contribution in [0.3, 0.4) is 0 Å². The molecule has 5 heteroatoms. The van der Waals surface area contributed by atoms with Crippen molar-refractivity contribution in [2.75, 3.05) is 12.0 Å². The lowest BCUT2D eigenvalue weighted by Crippen LogP contribution is -2.29. The fraction of sp³-hybridized carbons (Fsp3) is 0.154. The summed E-state index contributed by atoms with van der Waals surface area (Å²) in [7, 11) is 1.57. The zero-order chi connectivity index (χ0) is 22.1. The van der Waals surface area contributed by atoms with E-state index < -0.39 is 17.7 Å². The Kier molecular flexibility index (Phi) is 5.34. The van der Waals surface area contributed by atoms with E-state index in [4.69, 9.17) is 4.74 Å². The average molecular weight is 413 g/mol. The first-order chi connectivity index (χ1) is 14.9. The average Bonchev–Trinajstić information content (AvgIpc) is 3.05. The molecule has 0 aliphatic carbocycles. The zero-order valence-corrected chi connectivity index (χ0v) is 17.6. The summed E-state index contributed by atoms with van der Waals surface area (Å²) in [4.78, 5) is 27.7. The molecule has 1 aliphatic rings. The van der Waals surface area contributed by atoms with Crippen LogP contribution in [-0.4, -0.2) is 23.9 Å². The Hall–Kier alpha value is -3.86. The number of rotatable bonds is 4. The minimum absolute atomic E-state index is 0.0741. The molecule has 1 amide bonds. The number of carbonyl (C=O) groups excluding carboxylic acids is 2. The van der Waals surface area contributed by atoms with Gasteiger partial charge in [-0.25, -0.2) is 0 Å². The van der Waals surface area contributed by atoms with Crippen LogP contribution in [0, 0.1) is 13.8 Å². The molecule has 1 atom stereocenters. The smallest absolute Gasteiger partial charge is 0.300 e. The highest BCUT2D eigenvalue weighted by atomic mass is 16.5. The Morgan fingerprint density at radius 2 is 1.61 bits per heavy atom. The van der Waals surface area contributed by atoms with Crippen molar-refractivity contribution >= 4 is 23.1 Å². The molecule has 1 aliphatic heterocycles. The lowest BCUT2D eigenvalue weighted by Gasteiger charge is -2.25. The molecule has 5 nitrogen and oxygen atoms in total. The number of aliphatic hydroxyl groups is 1. The summed E-state index contributed by atoms with van der Waals surface area (Å²) < 4.78 is 5.24. The predicted octanol–water partition coefficient (Wildman–Crippen LogP) is 4.94. The molecule has 156 valence electrons. The minimum Gasteiger partial charge on any atom is -0.507 e. The van der Waals surface area contributed by atoms with Gasteiger partial charge < -0.3 is 9.84 Å². The maximum absolute atomic E-state index is 13.2. The van der Waals surface area contributed by atoms with Crippen molar-refractivity contribution in [3.8, 4) is 5.75 Å². The summed E-state index contributed by atoms with van der Waals surface area (Å²) in [6, 6.07) is 21.2. The van der Waals surface area contributed by atoms with Crippen LogP contribution in [0.15, 0.2) is 78.4 Å². The SMILES string of the molecule is COc1ccc(/C(O)=C2/C(=O)C(=O)N(c3ccc(C)cc3)C2c2ccccc2)c(C)c1. The molecule has 1 heterocycles. The lowest BCUT2D eigenvalue weighted by molar-refractivity contribution is -0.132. The quantitative estimate of drug-likeness (QED) is 0.374. The minimum atomic E-state index is -0.731. The van der Waals surface area contributed by atoms with Crippen molar-refractivity contribution in [1.29, 1.82) is 0 Å². The van der Waals surface area contributed by atoms with Crippen molar-refractivity contribution in [3.05, 3.63) is 101 Å². The molecule has 3 aromatic rings. The number of aliphatic hydroxyl groups excluding tert-OH is 1.